The number of amides is 1. The van der Waals surface area contributed by atoms with Gasteiger partial charge in [-0.2, -0.15) is 18.3 Å². The van der Waals surface area contributed by atoms with Gasteiger partial charge in [0.1, 0.15) is 17.4 Å². The van der Waals surface area contributed by atoms with Crippen LogP contribution in [0.4, 0.5) is 18.9 Å². The largest absolute Gasteiger partial charge is 0.484 e. The van der Waals surface area contributed by atoms with Crippen molar-refractivity contribution in [2.24, 2.45) is 0 Å². The van der Waals surface area contributed by atoms with E-state index in [-0.39, 0.29) is 5.91 Å². The van der Waals surface area contributed by atoms with Crippen LogP contribution < -0.4 is 9.64 Å². The van der Waals surface area contributed by atoms with Gasteiger partial charge in [-0.1, -0.05) is 12.1 Å². The lowest BCUT2D eigenvalue weighted by molar-refractivity contribution is -0.141. The predicted octanol–water partition coefficient (Wildman–Crippen LogP) is 3.67. The second-order valence-corrected chi connectivity index (χ2v) is 6.61. The van der Waals surface area contributed by atoms with E-state index >= 15 is 0 Å². The summed E-state index contributed by atoms with van der Waals surface area (Å²) in [7, 11) is 0. The molecule has 2 heterocycles. The number of ether oxygens (including phenoxy) is 1. The van der Waals surface area contributed by atoms with Crippen LogP contribution in [0.15, 0.2) is 36.5 Å². The maximum absolute atomic E-state index is 12.9. The normalized spacial score (nSPS) is 17.6. The molecule has 2 aromatic rings. The number of nitrogens with zero attached hydrogens (tertiary/aromatic N) is 3. The minimum absolute atomic E-state index is 0.292. The van der Waals surface area contributed by atoms with Gasteiger partial charge in [0.2, 0.25) is 0 Å². The summed E-state index contributed by atoms with van der Waals surface area (Å²) in [4.78, 5) is 14.5. The zero-order valence-corrected chi connectivity index (χ0v) is 14.0. The van der Waals surface area contributed by atoms with Crippen molar-refractivity contribution < 1.29 is 22.7 Å². The summed E-state index contributed by atoms with van der Waals surface area (Å²) < 4.78 is 45.1. The third-order valence-electron chi connectivity index (χ3n) is 4.00. The number of para-hydroxylation sites is 2. The van der Waals surface area contributed by atoms with Gasteiger partial charge in [-0.15, -0.1) is 0 Å². The van der Waals surface area contributed by atoms with Crippen LogP contribution in [-0.4, -0.2) is 27.8 Å². The van der Waals surface area contributed by atoms with Gasteiger partial charge in [0.15, 0.2) is 5.69 Å². The van der Waals surface area contributed by atoms with Crippen molar-refractivity contribution in [2.75, 3.05) is 11.4 Å². The zero-order chi connectivity index (χ0) is 18.4. The Balaban J connectivity index is 1.91. The standard InChI is InChI=1S/C17H18F3N3O2/c1-11(23-9-8-14(21-23)17(18,19)20)15(24)22-10-16(2,3)25-13-7-5-4-6-12(13)22/h4-9,11H,10H2,1-3H3. The first-order valence-corrected chi connectivity index (χ1v) is 7.80. The fourth-order valence-corrected chi connectivity index (χ4v) is 2.80. The minimum atomic E-state index is -4.54. The first-order chi connectivity index (χ1) is 11.6. The molecule has 0 aliphatic carbocycles. The molecule has 0 saturated heterocycles. The number of aromatic nitrogens is 2. The third kappa shape index (κ3) is 3.33. The first-order valence-electron chi connectivity index (χ1n) is 7.80. The van der Waals surface area contributed by atoms with Crippen molar-refractivity contribution in [3.8, 4) is 5.75 Å². The maximum Gasteiger partial charge on any atom is 0.435 e. The van der Waals surface area contributed by atoms with Gasteiger partial charge >= 0.3 is 6.18 Å². The summed E-state index contributed by atoms with van der Waals surface area (Å²) >= 11 is 0. The average Bonchev–Trinajstić information content (AvgIpc) is 3.02. The van der Waals surface area contributed by atoms with E-state index in [0.29, 0.717) is 18.0 Å². The van der Waals surface area contributed by atoms with E-state index in [1.807, 2.05) is 13.8 Å². The summed E-state index contributed by atoms with van der Waals surface area (Å²) in [6.45, 7) is 5.52. The molecule has 25 heavy (non-hydrogen) atoms. The second-order valence-electron chi connectivity index (χ2n) is 6.61. The van der Waals surface area contributed by atoms with Crippen molar-refractivity contribution in [1.29, 1.82) is 0 Å². The molecular weight excluding hydrogens is 335 g/mol. The summed E-state index contributed by atoms with van der Waals surface area (Å²) in [5, 5.41) is 3.50. The zero-order valence-electron chi connectivity index (χ0n) is 14.0. The first kappa shape index (κ1) is 17.3. The van der Waals surface area contributed by atoms with E-state index in [9.17, 15) is 18.0 Å². The molecule has 1 aliphatic heterocycles. The second kappa shape index (κ2) is 5.79. The van der Waals surface area contributed by atoms with Gasteiger partial charge in [0.25, 0.3) is 5.91 Å². The molecule has 1 aromatic carbocycles. The van der Waals surface area contributed by atoms with Crippen LogP contribution >= 0.6 is 0 Å². The van der Waals surface area contributed by atoms with Crippen LogP contribution in [0.2, 0.25) is 0 Å². The molecule has 1 aromatic heterocycles. The van der Waals surface area contributed by atoms with E-state index < -0.39 is 23.5 Å². The molecule has 0 fully saturated rings. The van der Waals surface area contributed by atoms with Crippen molar-refractivity contribution in [3.63, 3.8) is 0 Å². The number of carbonyl (C=O) groups excluding carboxylic acids is 1. The summed E-state index contributed by atoms with van der Waals surface area (Å²) in [6, 6.07) is 7.08. The number of hydrogen-bond donors (Lipinski definition) is 0. The molecule has 8 heteroatoms. The lowest BCUT2D eigenvalue weighted by Crippen LogP contribution is -2.51. The van der Waals surface area contributed by atoms with Crippen molar-refractivity contribution in [3.05, 3.63) is 42.2 Å². The lowest BCUT2D eigenvalue weighted by Gasteiger charge is -2.40. The molecule has 1 unspecified atom stereocenters. The molecule has 0 spiro atoms. The van der Waals surface area contributed by atoms with Gasteiger partial charge in [0, 0.05) is 6.20 Å². The van der Waals surface area contributed by atoms with E-state index in [4.69, 9.17) is 4.74 Å². The SMILES string of the molecule is CC(C(=O)N1CC(C)(C)Oc2ccccc21)n1ccc(C(F)(F)F)n1. The molecule has 0 bridgehead atoms. The van der Waals surface area contributed by atoms with Crippen LogP contribution in [0.25, 0.3) is 0 Å². The molecule has 1 amide bonds. The monoisotopic (exact) mass is 353 g/mol. The number of alkyl halides is 3. The van der Waals surface area contributed by atoms with Crippen molar-refractivity contribution in [2.45, 2.75) is 38.6 Å². The Hall–Kier alpha value is -2.51. The molecule has 1 atom stereocenters. The molecule has 1 aliphatic rings. The van der Waals surface area contributed by atoms with Crippen LogP contribution in [0.1, 0.15) is 32.5 Å². The number of carbonyl (C=O) groups is 1. The molecule has 0 radical (unpaired) electrons. The van der Waals surface area contributed by atoms with Gasteiger partial charge in [-0.05, 0) is 39.0 Å². The van der Waals surface area contributed by atoms with Gasteiger partial charge < -0.3 is 9.64 Å². The highest BCUT2D eigenvalue weighted by Crippen LogP contribution is 2.37. The lowest BCUT2D eigenvalue weighted by atomic mass is 10.0. The molecule has 0 saturated carbocycles. The fraction of sp³-hybridized carbons (Fsp3) is 0.412. The molecule has 0 N–H and O–H groups in total. The number of benzene rings is 1. The fourth-order valence-electron chi connectivity index (χ4n) is 2.80. The Bertz CT molecular complexity index is 798. The topological polar surface area (TPSA) is 47.4 Å². The highest BCUT2D eigenvalue weighted by atomic mass is 19.4. The highest BCUT2D eigenvalue weighted by molar-refractivity contribution is 5.97. The Labute approximate surface area is 143 Å². The summed E-state index contributed by atoms with van der Waals surface area (Å²) in [5.74, 6) is 0.219. The van der Waals surface area contributed by atoms with E-state index in [1.165, 1.54) is 13.1 Å². The molecule has 134 valence electrons. The third-order valence-corrected chi connectivity index (χ3v) is 4.00. The molecular formula is C17H18F3N3O2. The molecule has 3 rings (SSSR count). The van der Waals surface area contributed by atoms with Crippen LogP contribution in [0.5, 0.6) is 5.75 Å². The number of rotatable bonds is 2. The smallest absolute Gasteiger partial charge is 0.435 e. The average molecular weight is 353 g/mol. The summed E-state index contributed by atoms with van der Waals surface area (Å²) in [6.07, 6.45) is -3.37. The maximum atomic E-state index is 12.9. The van der Waals surface area contributed by atoms with Gasteiger partial charge in [-0.3, -0.25) is 9.48 Å². The van der Waals surface area contributed by atoms with Gasteiger partial charge in [0.05, 0.1) is 12.2 Å². The van der Waals surface area contributed by atoms with Gasteiger partial charge in [-0.25, -0.2) is 0 Å². The summed E-state index contributed by atoms with van der Waals surface area (Å²) in [5.41, 5.74) is -1.03. The van der Waals surface area contributed by atoms with E-state index in [0.717, 1.165) is 10.7 Å². The Kier molecular flexibility index (Phi) is 4.01. The molecule has 5 nitrogen and oxygen atoms in total. The highest BCUT2D eigenvalue weighted by Gasteiger charge is 2.38. The van der Waals surface area contributed by atoms with E-state index in [2.05, 4.69) is 5.10 Å². The minimum Gasteiger partial charge on any atom is -0.484 e. The predicted molar refractivity (Wildman–Crippen MR) is 85.4 cm³/mol. The number of hydrogen-bond acceptors (Lipinski definition) is 3. The van der Waals surface area contributed by atoms with Crippen molar-refractivity contribution >= 4 is 11.6 Å². The van der Waals surface area contributed by atoms with E-state index in [1.54, 1.807) is 29.2 Å². The van der Waals surface area contributed by atoms with Crippen LogP contribution in [0.3, 0.4) is 0 Å². The number of anilines is 1. The number of halogens is 3. The Morgan fingerprint density at radius 3 is 2.60 bits per heavy atom. The van der Waals surface area contributed by atoms with Crippen LogP contribution in [0, 0.1) is 0 Å². The van der Waals surface area contributed by atoms with Crippen LogP contribution in [-0.2, 0) is 11.0 Å². The quantitative estimate of drug-likeness (QED) is 0.828. The Morgan fingerprint density at radius 1 is 1.28 bits per heavy atom. The van der Waals surface area contributed by atoms with Crippen molar-refractivity contribution in [1.82, 2.24) is 9.78 Å². The number of fused-ring (bicyclic) bond motifs is 1. The Morgan fingerprint density at radius 2 is 1.96 bits per heavy atom.